The fraction of sp³-hybridized carbons (Fsp3) is 0.812. The summed E-state index contributed by atoms with van der Waals surface area (Å²) in [4.78, 5) is 26.1. The lowest BCUT2D eigenvalue weighted by Crippen LogP contribution is -2.40. The zero-order chi connectivity index (χ0) is 28.3. The minimum Gasteiger partial charge on any atom is -0.481 e. The summed E-state index contributed by atoms with van der Waals surface area (Å²) in [6, 6.07) is 0. The van der Waals surface area contributed by atoms with Crippen LogP contribution in [-0.4, -0.2) is 37.4 Å². The van der Waals surface area contributed by atoms with Gasteiger partial charge in [0.2, 0.25) is 0 Å². The van der Waals surface area contributed by atoms with Gasteiger partial charge in [-0.25, -0.2) is 9.59 Å². The quantitative estimate of drug-likeness (QED) is 0.103. The van der Waals surface area contributed by atoms with E-state index in [1.807, 2.05) is 0 Å². The summed E-state index contributed by atoms with van der Waals surface area (Å²) in [6.45, 7) is 8.54. The molecular weight excluding hydrogens is 512 g/mol. The Labute approximate surface area is 241 Å². The fourth-order valence-electron chi connectivity index (χ4n) is 5.18. The monoisotopic (exact) mass is 566 g/mol. The van der Waals surface area contributed by atoms with Crippen molar-refractivity contribution in [1.29, 1.82) is 0 Å². The standard InChI is InChI=1S/C32H54O6S/c1-5-9-11-13-15-17-19-21-23-25-26(24-22-20-18-16-14-12-10-6-2)38-28-27(37-25)29(31(33)35-7-3)39-30(28)32(34)36-8-4/h25-26H,5-24H2,1-4H3. The van der Waals surface area contributed by atoms with E-state index in [9.17, 15) is 9.59 Å². The normalized spacial score (nSPS) is 16.3. The van der Waals surface area contributed by atoms with Crippen LogP contribution in [0, 0.1) is 0 Å². The molecule has 0 radical (unpaired) electrons. The van der Waals surface area contributed by atoms with Gasteiger partial charge in [-0.1, -0.05) is 104 Å². The van der Waals surface area contributed by atoms with Gasteiger partial charge >= 0.3 is 11.9 Å². The summed E-state index contributed by atoms with van der Waals surface area (Å²) in [5, 5.41) is 0. The van der Waals surface area contributed by atoms with Crippen LogP contribution in [0.3, 0.4) is 0 Å². The number of ether oxygens (including phenoxy) is 4. The average molecular weight is 567 g/mol. The van der Waals surface area contributed by atoms with Crippen LogP contribution in [-0.2, 0) is 9.47 Å². The van der Waals surface area contributed by atoms with Gasteiger partial charge in [-0.15, -0.1) is 11.3 Å². The SMILES string of the molecule is CCCCCCCCCCC1Oc2c(C(=O)OCC)sc(C(=O)OCC)c2OC1CCCCCCCCCC. The van der Waals surface area contributed by atoms with Gasteiger partial charge in [0.25, 0.3) is 0 Å². The molecule has 0 spiro atoms. The summed E-state index contributed by atoms with van der Waals surface area (Å²) >= 11 is 1.06. The summed E-state index contributed by atoms with van der Waals surface area (Å²) in [6.07, 6.45) is 21.5. The van der Waals surface area contributed by atoms with E-state index in [4.69, 9.17) is 18.9 Å². The molecule has 0 aromatic carbocycles. The second kappa shape index (κ2) is 20.2. The van der Waals surface area contributed by atoms with Gasteiger partial charge in [0.15, 0.2) is 21.3 Å². The van der Waals surface area contributed by atoms with Gasteiger partial charge < -0.3 is 18.9 Å². The lowest BCUT2D eigenvalue weighted by molar-refractivity contribution is 0.00647. The largest absolute Gasteiger partial charge is 0.481 e. The number of unbranched alkanes of at least 4 members (excludes halogenated alkanes) is 14. The van der Waals surface area contributed by atoms with Gasteiger partial charge in [-0.05, 0) is 39.5 Å². The summed E-state index contributed by atoms with van der Waals surface area (Å²) < 4.78 is 23.6. The van der Waals surface area contributed by atoms with E-state index < -0.39 is 11.9 Å². The maximum absolute atomic E-state index is 12.7. The first kappa shape index (κ1) is 33.4. The summed E-state index contributed by atoms with van der Waals surface area (Å²) in [7, 11) is 0. The van der Waals surface area contributed by atoms with Crippen molar-refractivity contribution in [3.63, 3.8) is 0 Å². The molecule has 2 heterocycles. The number of carbonyl (C=O) groups excluding carboxylic acids is 2. The maximum Gasteiger partial charge on any atom is 0.352 e. The molecule has 0 bridgehead atoms. The van der Waals surface area contributed by atoms with Gasteiger partial charge in [0, 0.05) is 0 Å². The Morgan fingerprint density at radius 1 is 0.564 bits per heavy atom. The van der Waals surface area contributed by atoms with Crippen molar-refractivity contribution in [2.75, 3.05) is 13.2 Å². The second-order valence-electron chi connectivity index (χ2n) is 10.7. The molecule has 1 aliphatic heterocycles. The highest BCUT2D eigenvalue weighted by atomic mass is 32.1. The molecule has 0 fully saturated rings. The van der Waals surface area contributed by atoms with Crippen LogP contribution in [0.5, 0.6) is 11.5 Å². The number of fused-ring (bicyclic) bond motifs is 1. The number of rotatable bonds is 22. The molecule has 224 valence electrons. The van der Waals surface area contributed by atoms with Crippen LogP contribution < -0.4 is 9.47 Å². The minimum absolute atomic E-state index is 0.139. The molecule has 7 heteroatoms. The highest BCUT2D eigenvalue weighted by molar-refractivity contribution is 7.16. The molecule has 0 N–H and O–H groups in total. The third kappa shape index (κ3) is 11.7. The third-order valence-corrected chi connectivity index (χ3v) is 8.49. The van der Waals surface area contributed by atoms with Gasteiger partial charge in [0.05, 0.1) is 13.2 Å². The predicted molar refractivity (Wildman–Crippen MR) is 160 cm³/mol. The Hall–Kier alpha value is -1.76. The molecule has 1 aromatic rings. The predicted octanol–water partition coefficient (Wildman–Crippen LogP) is 9.67. The van der Waals surface area contributed by atoms with Gasteiger partial charge in [0.1, 0.15) is 12.2 Å². The molecular formula is C32H54O6S. The number of esters is 2. The number of hydrogen-bond donors (Lipinski definition) is 0. The second-order valence-corrected chi connectivity index (χ2v) is 11.7. The van der Waals surface area contributed by atoms with E-state index in [1.165, 1.54) is 89.9 Å². The van der Waals surface area contributed by atoms with E-state index in [2.05, 4.69) is 13.8 Å². The topological polar surface area (TPSA) is 71.1 Å². The molecule has 2 atom stereocenters. The first-order valence-corrected chi connectivity index (χ1v) is 16.7. The van der Waals surface area contributed by atoms with Crippen LogP contribution in [0.1, 0.15) is 163 Å². The van der Waals surface area contributed by atoms with Crippen LogP contribution in [0.25, 0.3) is 0 Å². The van der Waals surface area contributed by atoms with Crippen molar-refractivity contribution < 1.29 is 28.5 Å². The van der Waals surface area contributed by atoms with Crippen molar-refractivity contribution in [2.24, 2.45) is 0 Å². The molecule has 0 amide bonds. The molecule has 0 aliphatic carbocycles. The Kier molecular flexibility index (Phi) is 17.3. The van der Waals surface area contributed by atoms with E-state index in [0.29, 0.717) is 21.3 Å². The van der Waals surface area contributed by atoms with Gasteiger partial charge in [-0.2, -0.15) is 0 Å². The molecule has 2 rings (SSSR count). The smallest absolute Gasteiger partial charge is 0.352 e. The lowest BCUT2D eigenvalue weighted by atomic mass is 9.98. The molecule has 6 nitrogen and oxygen atoms in total. The first-order valence-electron chi connectivity index (χ1n) is 15.9. The zero-order valence-electron chi connectivity index (χ0n) is 25.2. The highest BCUT2D eigenvalue weighted by Gasteiger charge is 2.39. The van der Waals surface area contributed by atoms with Gasteiger partial charge in [-0.3, -0.25) is 0 Å². The third-order valence-electron chi connectivity index (χ3n) is 7.38. The first-order chi connectivity index (χ1) is 19.1. The number of carbonyl (C=O) groups is 2. The Morgan fingerprint density at radius 2 is 0.897 bits per heavy atom. The van der Waals surface area contributed by atoms with Crippen LogP contribution in [0.4, 0.5) is 0 Å². The molecule has 0 saturated carbocycles. The number of thiophene rings is 1. The summed E-state index contributed by atoms with van der Waals surface area (Å²) in [5.41, 5.74) is 0. The fourth-order valence-corrected chi connectivity index (χ4v) is 6.14. The van der Waals surface area contributed by atoms with E-state index in [1.54, 1.807) is 13.8 Å². The molecule has 39 heavy (non-hydrogen) atoms. The van der Waals surface area contributed by atoms with E-state index in [-0.39, 0.29) is 25.4 Å². The highest BCUT2D eigenvalue weighted by Crippen LogP contribution is 2.48. The Morgan fingerprint density at radius 3 is 1.23 bits per heavy atom. The van der Waals surface area contributed by atoms with Crippen LogP contribution in [0.2, 0.25) is 0 Å². The number of hydrogen-bond acceptors (Lipinski definition) is 7. The van der Waals surface area contributed by atoms with Crippen molar-refractivity contribution in [1.82, 2.24) is 0 Å². The molecule has 2 unspecified atom stereocenters. The molecule has 0 saturated heterocycles. The lowest BCUT2D eigenvalue weighted by Gasteiger charge is -2.33. The molecule has 1 aromatic heterocycles. The van der Waals surface area contributed by atoms with E-state index in [0.717, 1.165) is 37.0 Å². The van der Waals surface area contributed by atoms with Crippen molar-refractivity contribution in [3.05, 3.63) is 9.75 Å². The summed E-state index contributed by atoms with van der Waals surface area (Å²) in [5.74, 6) is -0.244. The van der Waals surface area contributed by atoms with E-state index >= 15 is 0 Å². The maximum atomic E-state index is 12.7. The van der Waals surface area contributed by atoms with Crippen molar-refractivity contribution in [2.45, 2.75) is 155 Å². The Balaban J connectivity index is 2.06. The van der Waals surface area contributed by atoms with Crippen molar-refractivity contribution >= 4 is 23.3 Å². The van der Waals surface area contributed by atoms with Crippen LogP contribution in [0.15, 0.2) is 0 Å². The zero-order valence-corrected chi connectivity index (χ0v) is 26.0. The Bertz CT molecular complexity index is 755. The minimum atomic E-state index is -0.481. The van der Waals surface area contributed by atoms with Crippen LogP contribution >= 0.6 is 11.3 Å². The average Bonchev–Trinajstić information content (AvgIpc) is 3.30. The molecule has 1 aliphatic rings. The van der Waals surface area contributed by atoms with Crippen molar-refractivity contribution in [3.8, 4) is 11.5 Å².